The van der Waals surface area contributed by atoms with E-state index in [1.54, 1.807) is 12.1 Å². The number of hydrogen-bond donors (Lipinski definition) is 2. The van der Waals surface area contributed by atoms with Crippen LogP contribution >= 0.6 is 11.6 Å². The molecular formula is C13H17ClN2O2. The summed E-state index contributed by atoms with van der Waals surface area (Å²) in [7, 11) is 0. The molecule has 0 amide bonds. The summed E-state index contributed by atoms with van der Waals surface area (Å²) < 4.78 is 11.3. The average Bonchev–Trinajstić information content (AvgIpc) is 2.37. The molecule has 0 bridgehead atoms. The van der Waals surface area contributed by atoms with Crippen molar-refractivity contribution < 1.29 is 9.47 Å². The third-order valence-corrected chi connectivity index (χ3v) is 3.09. The molecule has 1 aliphatic rings. The van der Waals surface area contributed by atoms with Crippen molar-refractivity contribution >= 4 is 17.4 Å². The van der Waals surface area contributed by atoms with E-state index < -0.39 is 6.10 Å². The summed E-state index contributed by atoms with van der Waals surface area (Å²) in [6.07, 6.45) is 2.09. The Labute approximate surface area is 112 Å². The van der Waals surface area contributed by atoms with Gasteiger partial charge in [-0.1, -0.05) is 23.7 Å². The molecule has 1 fully saturated rings. The lowest BCUT2D eigenvalue weighted by Gasteiger charge is -2.27. The van der Waals surface area contributed by atoms with Crippen molar-refractivity contribution in [3.05, 3.63) is 34.9 Å². The number of nitrogens with two attached hydrogens (primary N) is 1. The van der Waals surface area contributed by atoms with Crippen LogP contribution in [0.2, 0.25) is 5.02 Å². The quantitative estimate of drug-likeness (QED) is 0.652. The standard InChI is InChI=1S/C13H17ClN2O2/c14-10-5-3-4-9(8-10)12(13(15)16)18-11-6-1-2-7-17-11/h3-5,8,11-12H,1-2,6-7H2,(H3,15,16)/t11-,12+/m1/s1. The van der Waals surface area contributed by atoms with Gasteiger partial charge in [0.15, 0.2) is 6.29 Å². The van der Waals surface area contributed by atoms with Crippen LogP contribution in [0.25, 0.3) is 0 Å². The molecule has 1 aliphatic heterocycles. The van der Waals surface area contributed by atoms with Gasteiger partial charge in [-0.3, -0.25) is 5.41 Å². The molecule has 0 spiro atoms. The van der Waals surface area contributed by atoms with E-state index in [-0.39, 0.29) is 12.1 Å². The van der Waals surface area contributed by atoms with Crippen LogP contribution in [-0.2, 0) is 9.47 Å². The first-order valence-electron chi connectivity index (χ1n) is 6.03. The normalized spacial score (nSPS) is 21.5. The molecule has 1 aromatic rings. The van der Waals surface area contributed by atoms with Gasteiger partial charge in [-0.15, -0.1) is 0 Å². The SMILES string of the molecule is N=C(N)[C@@H](O[C@@H]1CCCCO1)c1cccc(Cl)c1. The molecule has 2 rings (SSSR count). The zero-order valence-electron chi connectivity index (χ0n) is 10.1. The number of nitrogens with one attached hydrogen (secondary N) is 1. The predicted molar refractivity (Wildman–Crippen MR) is 70.8 cm³/mol. The largest absolute Gasteiger partial charge is 0.385 e. The van der Waals surface area contributed by atoms with Crippen LogP contribution in [0.15, 0.2) is 24.3 Å². The molecule has 0 unspecified atom stereocenters. The van der Waals surface area contributed by atoms with Crippen molar-refractivity contribution in [3.63, 3.8) is 0 Å². The Kier molecular flexibility index (Phi) is 4.58. The van der Waals surface area contributed by atoms with Crippen molar-refractivity contribution in [1.82, 2.24) is 0 Å². The molecule has 0 radical (unpaired) electrons. The van der Waals surface area contributed by atoms with Gasteiger partial charge in [-0.05, 0) is 37.0 Å². The van der Waals surface area contributed by atoms with Gasteiger partial charge in [-0.25, -0.2) is 0 Å². The third-order valence-electron chi connectivity index (χ3n) is 2.86. The first-order valence-corrected chi connectivity index (χ1v) is 6.41. The minimum Gasteiger partial charge on any atom is -0.385 e. The second-order valence-corrected chi connectivity index (χ2v) is 4.76. The van der Waals surface area contributed by atoms with E-state index in [4.69, 9.17) is 32.2 Å². The molecule has 2 atom stereocenters. The van der Waals surface area contributed by atoms with Crippen LogP contribution in [0.4, 0.5) is 0 Å². The van der Waals surface area contributed by atoms with Crippen LogP contribution in [0.5, 0.6) is 0 Å². The molecule has 3 N–H and O–H groups in total. The first kappa shape index (κ1) is 13.3. The highest BCUT2D eigenvalue weighted by atomic mass is 35.5. The maximum absolute atomic E-state index is 7.63. The lowest BCUT2D eigenvalue weighted by Crippen LogP contribution is -2.30. The van der Waals surface area contributed by atoms with Crippen LogP contribution < -0.4 is 5.73 Å². The molecule has 1 heterocycles. The number of ether oxygens (including phenoxy) is 2. The van der Waals surface area contributed by atoms with E-state index in [9.17, 15) is 0 Å². The Hall–Kier alpha value is -1.10. The lowest BCUT2D eigenvalue weighted by molar-refractivity contribution is -0.176. The molecule has 5 heteroatoms. The highest BCUT2D eigenvalue weighted by molar-refractivity contribution is 6.30. The molecule has 0 aromatic heterocycles. The Balaban J connectivity index is 2.10. The fourth-order valence-electron chi connectivity index (χ4n) is 1.97. The Bertz CT molecular complexity index is 419. The fraction of sp³-hybridized carbons (Fsp3) is 0.462. The monoisotopic (exact) mass is 268 g/mol. The molecule has 1 aromatic carbocycles. The van der Waals surface area contributed by atoms with Gasteiger partial charge in [0, 0.05) is 11.6 Å². The molecule has 18 heavy (non-hydrogen) atoms. The zero-order chi connectivity index (χ0) is 13.0. The van der Waals surface area contributed by atoms with E-state index in [1.807, 2.05) is 12.1 Å². The van der Waals surface area contributed by atoms with Crippen molar-refractivity contribution in [2.24, 2.45) is 5.73 Å². The van der Waals surface area contributed by atoms with Crippen LogP contribution in [0.1, 0.15) is 30.9 Å². The zero-order valence-corrected chi connectivity index (χ0v) is 10.8. The Morgan fingerprint density at radius 1 is 1.50 bits per heavy atom. The molecule has 0 saturated carbocycles. The van der Waals surface area contributed by atoms with Gasteiger partial charge in [-0.2, -0.15) is 0 Å². The highest BCUT2D eigenvalue weighted by Gasteiger charge is 2.23. The first-order chi connectivity index (χ1) is 8.66. The topological polar surface area (TPSA) is 68.3 Å². The number of halogens is 1. The Morgan fingerprint density at radius 3 is 2.94 bits per heavy atom. The summed E-state index contributed by atoms with van der Waals surface area (Å²) in [5, 5.41) is 8.24. The van der Waals surface area contributed by atoms with Gasteiger partial charge in [0.05, 0.1) is 0 Å². The summed E-state index contributed by atoms with van der Waals surface area (Å²) in [5.74, 6) is -0.0357. The fourth-order valence-corrected chi connectivity index (χ4v) is 2.17. The van der Waals surface area contributed by atoms with Gasteiger partial charge >= 0.3 is 0 Å². The summed E-state index contributed by atoms with van der Waals surface area (Å²) in [4.78, 5) is 0. The highest BCUT2D eigenvalue weighted by Crippen LogP contribution is 2.25. The second-order valence-electron chi connectivity index (χ2n) is 4.32. The van der Waals surface area contributed by atoms with Gasteiger partial charge in [0.1, 0.15) is 11.9 Å². The number of rotatable bonds is 4. The predicted octanol–water partition coefficient (Wildman–Crippen LogP) is 2.86. The van der Waals surface area contributed by atoms with E-state index in [1.165, 1.54) is 0 Å². The average molecular weight is 269 g/mol. The molecular weight excluding hydrogens is 252 g/mol. The van der Waals surface area contributed by atoms with Crippen LogP contribution in [-0.4, -0.2) is 18.7 Å². The van der Waals surface area contributed by atoms with Gasteiger partial charge in [0.2, 0.25) is 0 Å². The number of amidine groups is 1. The maximum atomic E-state index is 7.63. The van der Waals surface area contributed by atoms with Gasteiger partial charge < -0.3 is 15.2 Å². The number of hydrogen-bond acceptors (Lipinski definition) is 3. The molecule has 4 nitrogen and oxygen atoms in total. The molecule has 0 aliphatic carbocycles. The van der Waals surface area contributed by atoms with E-state index in [0.717, 1.165) is 24.8 Å². The minimum absolute atomic E-state index is 0.0357. The van der Waals surface area contributed by atoms with E-state index in [2.05, 4.69) is 0 Å². The third kappa shape index (κ3) is 3.45. The van der Waals surface area contributed by atoms with Crippen molar-refractivity contribution in [3.8, 4) is 0 Å². The summed E-state index contributed by atoms with van der Waals surface area (Å²) >= 11 is 5.94. The van der Waals surface area contributed by atoms with E-state index >= 15 is 0 Å². The van der Waals surface area contributed by atoms with Crippen LogP contribution in [0, 0.1) is 5.41 Å². The lowest BCUT2D eigenvalue weighted by atomic mass is 10.1. The van der Waals surface area contributed by atoms with Crippen molar-refractivity contribution in [2.45, 2.75) is 31.7 Å². The van der Waals surface area contributed by atoms with E-state index in [0.29, 0.717) is 11.6 Å². The maximum Gasteiger partial charge on any atom is 0.159 e. The van der Waals surface area contributed by atoms with Gasteiger partial charge in [0.25, 0.3) is 0 Å². The van der Waals surface area contributed by atoms with Crippen molar-refractivity contribution in [2.75, 3.05) is 6.61 Å². The summed E-state index contributed by atoms with van der Waals surface area (Å²) in [6.45, 7) is 0.699. The number of benzene rings is 1. The molecule has 1 saturated heterocycles. The van der Waals surface area contributed by atoms with Crippen LogP contribution in [0.3, 0.4) is 0 Å². The second kappa shape index (κ2) is 6.18. The minimum atomic E-state index is -0.591. The van der Waals surface area contributed by atoms with Crippen molar-refractivity contribution in [1.29, 1.82) is 5.41 Å². The smallest absolute Gasteiger partial charge is 0.159 e. The summed E-state index contributed by atoms with van der Waals surface area (Å²) in [5.41, 5.74) is 6.38. The Morgan fingerprint density at radius 2 is 2.33 bits per heavy atom. The molecule has 98 valence electrons. The summed E-state index contributed by atoms with van der Waals surface area (Å²) in [6, 6.07) is 7.20.